The van der Waals surface area contributed by atoms with Crippen molar-refractivity contribution in [3.05, 3.63) is 28.8 Å². The minimum absolute atomic E-state index is 0.106. The van der Waals surface area contributed by atoms with E-state index in [1.165, 1.54) is 16.7 Å². The van der Waals surface area contributed by atoms with Gasteiger partial charge in [-0.25, -0.2) is 0 Å². The summed E-state index contributed by atoms with van der Waals surface area (Å²) in [4.78, 5) is 0. The summed E-state index contributed by atoms with van der Waals surface area (Å²) in [6.07, 6.45) is 0.918. The van der Waals surface area contributed by atoms with Crippen LogP contribution in [0.3, 0.4) is 0 Å². The molecule has 88 valence electrons. The van der Waals surface area contributed by atoms with Crippen molar-refractivity contribution < 1.29 is 4.74 Å². The van der Waals surface area contributed by atoms with Crippen LogP contribution in [0.2, 0.25) is 0 Å². The maximum Gasteiger partial charge on any atom is 0.128 e. The van der Waals surface area contributed by atoms with Crippen molar-refractivity contribution in [2.45, 2.75) is 45.6 Å². The van der Waals surface area contributed by atoms with Gasteiger partial charge < -0.3 is 10.5 Å². The van der Waals surface area contributed by atoms with Crippen LogP contribution in [0.5, 0.6) is 5.75 Å². The number of aryl methyl sites for hydroxylation is 1. The van der Waals surface area contributed by atoms with Crippen molar-refractivity contribution >= 4 is 0 Å². The Kier molecular flexibility index (Phi) is 2.70. The maximum absolute atomic E-state index is 6.18. The Hall–Kier alpha value is -1.02. The first-order valence-corrected chi connectivity index (χ1v) is 5.93. The Morgan fingerprint density at radius 2 is 2.00 bits per heavy atom. The zero-order valence-corrected chi connectivity index (χ0v) is 10.6. The minimum atomic E-state index is 0.106. The summed E-state index contributed by atoms with van der Waals surface area (Å²) in [5.41, 5.74) is 10.0. The van der Waals surface area contributed by atoms with Crippen LogP contribution in [0, 0.1) is 6.92 Å². The highest BCUT2D eigenvalue weighted by molar-refractivity contribution is 5.51. The molecule has 1 aliphatic heterocycles. The third-order valence-corrected chi connectivity index (χ3v) is 3.27. The molecular weight excluding hydrogens is 198 g/mol. The second kappa shape index (κ2) is 3.77. The Bertz CT molecular complexity index is 404. The second-order valence-electron chi connectivity index (χ2n) is 5.67. The number of nitrogens with two attached hydrogens (primary N) is 1. The van der Waals surface area contributed by atoms with Crippen LogP contribution < -0.4 is 10.5 Å². The molecule has 0 unspecified atom stereocenters. The first-order valence-electron chi connectivity index (χ1n) is 5.93. The van der Waals surface area contributed by atoms with E-state index in [1.54, 1.807) is 0 Å². The van der Waals surface area contributed by atoms with E-state index in [0.717, 1.165) is 18.8 Å². The normalized spacial score (nSPS) is 20.2. The highest BCUT2D eigenvalue weighted by atomic mass is 16.5. The molecule has 0 aliphatic carbocycles. The van der Waals surface area contributed by atoms with Crippen LogP contribution in [0.15, 0.2) is 12.1 Å². The van der Waals surface area contributed by atoms with Gasteiger partial charge in [0.2, 0.25) is 0 Å². The van der Waals surface area contributed by atoms with E-state index in [-0.39, 0.29) is 11.5 Å². The average Bonchev–Trinajstić information content (AvgIpc) is 2.16. The first kappa shape index (κ1) is 11.5. The molecule has 0 bridgehead atoms. The van der Waals surface area contributed by atoms with Gasteiger partial charge in [0.25, 0.3) is 0 Å². The fraction of sp³-hybridized carbons (Fsp3) is 0.571. The van der Waals surface area contributed by atoms with Crippen LogP contribution in [-0.2, 0) is 5.41 Å². The summed E-state index contributed by atoms with van der Waals surface area (Å²) >= 11 is 0. The highest BCUT2D eigenvalue weighted by Crippen LogP contribution is 2.41. The Labute approximate surface area is 97.8 Å². The molecule has 16 heavy (non-hydrogen) atoms. The number of ether oxygens (including phenoxy) is 1. The molecule has 0 spiro atoms. The third-order valence-electron chi connectivity index (χ3n) is 3.27. The molecule has 0 saturated carbocycles. The lowest BCUT2D eigenvalue weighted by molar-refractivity contribution is 0.261. The summed E-state index contributed by atoms with van der Waals surface area (Å²) in [7, 11) is 0. The fourth-order valence-corrected chi connectivity index (χ4v) is 2.34. The summed E-state index contributed by atoms with van der Waals surface area (Å²) in [5.74, 6) is 1.03. The van der Waals surface area contributed by atoms with Crippen LogP contribution in [0.4, 0.5) is 0 Å². The van der Waals surface area contributed by atoms with Gasteiger partial charge in [0, 0.05) is 18.0 Å². The second-order valence-corrected chi connectivity index (χ2v) is 5.67. The van der Waals surface area contributed by atoms with Gasteiger partial charge in [-0.05, 0) is 23.5 Å². The van der Waals surface area contributed by atoms with Gasteiger partial charge in [-0.15, -0.1) is 0 Å². The predicted octanol–water partition coefficient (Wildman–Crippen LogP) is 3.07. The largest absolute Gasteiger partial charge is 0.493 e. The van der Waals surface area contributed by atoms with Gasteiger partial charge >= 0.3 is 0 Å². The molecule has 2 N–H and O–H groups in total. The molecule has 0 fully saturated rings. The van der Waals surface area contributed by atoms with Crippen molar-refractivity contribution in [2.24, 2.45) is 5.73 Å². The van der Waals surface area contributed by atoms with Gasteiger partial charge in [0.05, 0.1) is 6.61 Å². The third kappa shape index (κ3) is 1.82. The lowest BCUT2D eigenvalue weighted by Crippen LogP contribution is -2.25. The zero-order chi connectivity index (χ0) is 11.9. The number of fused-ring (bicyclic) bond motifs is 1. The molecule has 1 aliphatic rings. The number of benzene rings is 1. The van der Waals surface area contributed by atoms with Gasteiger partial charge in [0.1, 0.15) is 5.75 Å². The van der Waals surface area contributed by atoms with Crippen LogP contribution >= 0.6 is 0 Å². The Morgan fingerprint density at radius 3 is 2.62 bits per heavy atom. The van der Waals surface area contributed by atoms with Crippen molar-refractivity contribution in [1.29, 1.82) is 0 Å². The van der Waals surface area contributed by atoms with Gasteiger partial charge in [0.15, 0.2) is 0 Å². The highest BCUT2D eigenvalue weighted by Gasteiger charge is 2.27. The maximum atomic E-state index is 6.18. The molecule has 0 saturated heterocycles. The Balaban J connectivity index is 2.63. The summed E-state index contributed by atoms with van der Waals surface area (Å²) in [5, 5.41) is 0. The monoisotopic (exact) mass is 219 g/mol. The van der Waals surface area contributed by atoms with E-state index < -0.39 is 0 Å². The lowest BCUT2D eigenvalue weighted by atomic mass is 9.82. The van der Waals surface area contributed by atoms with E-state index in [9.17, 15) is 0 Å². The topological polar surface area (TPSA) is 35.2 Å². The smallest absolute Gasteiger partial charge is 0.128 e. The molecule has 2 heteroatoms. The van der Waals surface area contributed by atoms with E-state index in [2.05, 4.69) is 39.8 Å². The van der Waals surface area contributed by atoms with Crippen molar-refractivity contribution in [1.82, 2.24) is 0 Å². The summed E-state index contributed by atoms with van der Waals surface area (Å²) in [6, 6.07) is 4.46. The lowest BCUT2D eigenvalue weighted by Gasteiger charge is -2.31. The molecule has 0 amide bonds. The molecule has 1 heterocycles. The zero-order valence-electron chi connectivity index (χ0n) is 10.6. The molecule has 0 radical (unpaired) electrons. The van der Waals surface area contributed by atoms with E-state index in [0.29, 0.717) is 0 Å². The SMILES string of the molecule is Cc1ccc(C(C)(C)C)c2c1[C@@H](N)CCO2. The molecule has 2 rings (SSSR count). The molecule has 1 aromatic rings. The summed E-state index contributed by atoms with van der Waals surface area (Å²) in [6.45, 7) is 9.48. The van der Waals surface area contributed by atoms with Crippen molar-refractivity contribution in [2.75, 3.05) is 6.61 Å². The molecule has 1 aromatic carbocycles. The standard InChI is InChI=1S/C14H21NO/c1-9-5-6-10(14(2,3)4)13-12(9)11(15)7-8-16-13/h5-6,11H,7-8,15H2,1-4H3/t11-/m0/s1. The van der Waals surface area contributed by atoms with E-state index >= 15 is 0 Å². The predicted molar refractivity (Wildman–Crippen MR) is 66.9 cm³/mol. The van der Waals surface area contributed by atoms with E-state index in [4.69, 9.17) is 10.5 Å². The van der Waals surface area contributed by atoms with Crippen LogP contribution in [-0.4, -0.2) is 6.61 Å². The van der Waals surface area contributed by atoms with Crippen molar-refractivity contribution in [3.63, 3.8) is 0 Å². The molecule has 0 aromatic heterocycles. The fourth-order valence-electron chi connectivity index (χ4n) is 2.34. The van der Waals surface area contributed by atoms with Gasteiger partial charge in [-0.2, -0.15) is 0 Å². The number of rotatable bonds is 0. The quantitative estimate of drug-likeness (QED) is 0.727. The van der Waals surface area contributed by atoms with Crippen molar-refractivity contribution in [3.8, 4) is 5.75 Å². The number of hydrogen-bond donors (Lipinski definition) is 1. The Morgan fingerprint density at radius 1 is 1.31 bits per heavy atom. The van der Waals surface area contributed by atoms with E-state index in [1.807, 2.05) is 0 Å². The minimum Gasteiger partial charge on any atom is -0.493 e. The van der Waals surface area contributed by atoms with Gasteiger partial charge in [-0.3, -0.25) is 0 Å². The summed E-state index contributed by atoms with van der Waals surface area (Å²) < 4.78 is 5.85. The molecule has 2 nitrogen and oxygen atoms in total. The van der Waals surface area contributed by atoms with Gasteiger partial charge in [-0.1, -0.05) is 32.9 Å². The van der Waals surface area contributed by atoms with Crippen LogP contribution in [0.1, 0.15) is 49.9 Å². The van der Waals surface area contributed by atoms with Crippen LogP contribution in [0.25, 0.3) is 0 Å². The number of hydrogen-bond acceptors (Lipinski definition) is 2. The molecule has 1 atom stereocenters. The molecular formula is C14H21NO. The first-order chi connectivity index (χ1) is 7.41. The average molecular weight is 219 g/mol.